The lowest BCUT2D eigenvalue weighted by molar-refractivity contribution is -0.145. The van der Waals surface area contributed by atoms with E-state index in [1.807, 2.05) is 0 Å². The van der Waals surface area contributed by atoms with Crippen molar-refractivity contribution < 1.29 is 24.2 Å². The summed E-state index contributed by atoms with van der Waals surface area (Å²) in [6.07, 6.45) is -1.88. The van der Waals surface area contributed by atoms with E-state index >= 15 is 0 Å². The van der Waals surface area contributed by atoms with E-state index in [9.17, 15) is 9.59 Å². The van der Waals surface area contributed by atoms with Crippen LogP contribution in [-0.4, -0.2) is 29.4 Å². The number of rotatable bonds is 2. The van der Waals surface area contributed by atoms with E-state index in [0.29, 0.717) is 0 Å². The standard InChI is InChI=1S/C6H6O5/c1-2-3-4(5(7)8)11-6(9)10-3/h2-4H,1H2,(H,7,8). The molecule has 11 heavy (non-hydrogen) atoms. The Morgan fingerprint density at radius 1 is 1.64 bits per heavy atom. The molecule has 60 valence electrons. The maximum atomic E-state index is 10.4. The Kier molecular flexibility index (Phi) is 1.80. The summed E-state index contributed by atoms with van der Waals surface area (Å²) < 4.78 is 8.72. The maximum Gasteiger partial charge on any atom is 0.510 e. The first kappa shape index (κ1) is 7.59. The van der Waals surface area contributed by atoms with Crippen molar-refractivity contribution in [2.24, 2.45) is 0 Å². The number of carboxylic acids is 1. The minimum Gasteiger partial charge on any atom is -0.478 e. The molecule has 1 heterocycles. The molecule has 2 atom stereocenters. The monoisotopic (exact) mass is 158 g/mol. The lowest BCUT2D eigenvalue weighted by atomic mass is 10.2. The normalized spacial score (nSPS) is 28.9. The summed E-state index contributed by atoms with van der Waals surface area (Å²) in [6.45, 7) is 3.29. The molecule has 1 rings (SSSR count). The summed E-state index contributed by atoms with van der Waals surface area (Å²) in [5, 5.41) is 8.43. The van der Waals surface area contributed by atoms with E-state index in [1.165, 1.54) is 6.08 Å². The lowest BCUT2D eigenvalue weighted by Crippen LogP contribution is -2.29. The van der Waals surface area contributed by atoms with Crippen LogP contribution in [0.5, 0.6) is 0 Å². The minimum atomic E-state index is -1.25. The Balaban J connectivity index is 2.72. The molecule has 0 aliphatic carbocycles. The smallest absolute Gasteiger partial charge is 0.478 e. The number of carbonyl (C=O) groups excluding carboxylic acids is 1. The van der Waals surface area contributed by atoms with Gasteiger partial charge >= 0.3 is 12.1 Å². The first-order chi connectivity index (χ1) is 5.15. The molecule has 0 saturated carbocycles. The topological polar surface area (TPSA) is 72.8 Å². The van der Waals surface area contributed by atoms with E-state index in [4.69, 9.17) is 5.11 Å². The van der Waals surface area contributed by atoms with Crippen molar-refractivity contribution in [1.29, 1.82) is 0 Å². The SMILES string of the molecule is C=CC1OC(=O)OC1C(=O)O. The molecule has 1 N–H and O–H groups in total. The Morgan fingerprint density at radius 2 is 2.27 bits per heavy atom. The van der Waals surface area contributed by atoms with Crippen molar-refractivity contribution in [2.75, 3.05) is 0 Å². The highest BCUT2D eigenvalue weighted by molar-refractivity contribution is 5.79. The zero-order chi connectivity index (χ0) is 8.43. The van der Waals surface area contributed by atoms with Gasteiger partial charge in [-0.25, -0.2) is 9.59 Å². The minimum absolute atomic E-state index is 0.875. The number of carboxylic acid groups (broad SMARTS) is 1. The second-order valence-electron chi connectivity index (χ2n) is 1.94. The molecule has 0 spiro atoms. The van der Waals surface area contributed by atoms with Gasteiger partial charge in [-0.15, -0.1) is 0 Å². The van der Waals surface area contributed by atoms with Gasteiger partial charge in [0.15, 0.2) is 6.10 Å². The Hall–Kier alpha value is -1.52. The molecule has 5 nitrogen and oxygen atoms in total. The van der Waals surface area contributed by atoms with E-state index in [0.717, 1.165) is 0 Å². The summed E-state index contributed by atoms with van der Waals surface area (Å²) in [6, 6.07) is 0. The molecule has 1 aliphatic rings. The third-order valence-corrected chi connectivity index (χ3v) is 1.23. The fourth-order valence-electron chi connectivity index (χ4n) is 0.734. The van der Waals surface area contributed by atoms with Crippen LogP contribution in [0.15, 0.2) is 12.7 Å². The summed E-state index contributed by atoms with van der Waals surface area (Å²) >= 11 is 0. The van der Waals surface area contributed by atoms with Gasteiger partial charge in [0.2, 0.25) is 6.10 Å². The van der Waals surface area contributed by atoms with E-state index < -0.39 is 24.3 Å². The molecule has 5 heteroatoms. The highest BCUT2D eigenvalue weighted by Gasteiger charge is 2.39. The molecule has 0 bridgehead atoms. The van der Waals surface area contributed by atoms with E-state index in [1.54, 1.807) is 0 Å². The average molecular weight is 158 g/mol. The first-order valence-electron chi connectivity index (χ1n) is 2.88. The van der Waals surface area contributed by atoms with Crippen LogP contribution in [0, 0.1) is 0 Å². The summed E-state index contributed by atoms with van der Waals surface area (Å²) in [5.74, 6) is -1.24. The van der Waals surface area contributed by atoms with Gasteiger partial charge in [0.1, 0.15) is 0 Å². The van der Waals surface area contributed by atoms with Gasteiger partial charge in [0.05, 0.1) is 0 Å². The largest absolute Gasteiger partial charge is 0.510 e. The molecule has 0 aromatic carbocycles. The molecular formula is C6H6O5. The number of ether oxygens (including phenoxy) is 2. The van der Waals surface area contributed by atoms with Crippen LogP contribution in [0.25, 0.3) is 0 Å². The molecule has 2 unspecified atom stereocenters. The molecule has 1 aliphatic heterocycles. The van der Waals surface area contributed by atoms with Crippen LogP contribution in [0.2, 0.25) is 0 Å². The fourth-order valence-corrected chi connectivity index (χ4v) is 0.734. The molecule has 0 aromatic heterocycles. The lowest BCUT2D eigenvalue weighted by Gasteiger charge is -2.04. The maximum absolute atomic E-state index is 10.4. The Morgan fingerprint density at radius 3 is 2.64 bits per heavy atom. The quantitative estimate of drug-likeness (QED) is 0.457. The molecule has 1 saturated heterocycles. The van der Waals surface area contributed by atoms with Crippen LogP contribution >= 0.6 is 0 Å². The third kappa shape index (κ3) is 1.31. The van der Waals surface area contributed by atoms with Gasteiger partial charge in [0.25, 0.3) is 0 Å². The third-order valence-electron chi connectivity index (χ3n) is 1.23. The summed E-state index contributed by atoms with van der Waals surface area (Å²) in [4.78, 5) is 20.7. The van der Waals surface area contributed by atoms with Crippen molar-refractivity contribution >= 4 is 12.1 Å². The molecule has 1 fully saturated rings. The zero-order valence-corrected chi connectivity index (χ0v) is 5.52. The predicted octanol–water partition coefficient (Wildman–Crippen LogP) is 0.161. The second-order valence-corrected chi connectivity index (χ2v) is 1.94. The van der Waals surface area contributed by atoms with Gasteiger partial charge in [0, 0.05) is 0 Å². The van der Waals surface area contributed by atoms with Crippen LogP contribution < -0.4 is 0 Å². The number of aliphatic carboxylic acids is 1. The van der Waals surface area contributed by atoms with E-state index in [-0.39, 0.29) is 0 Å². The van der Waals surface area contributed by atoms with Crippen LogP contribution in [0.1, 0.15) is 0 Å². The van der Waals surface area contributed by atoms with Gasteiger partial charge in [-0.2, -0.15) is 0 Å². The van der Waals surface area contributed by atoms with Gasteiger partial charge in [-0.1, -0.05) is 6.58 Å². The Labute approximate surface area is 62.2 Å². The Bertz CT molecular complexity index is 209. The highest BCUT2D eigenvalue weighted by Crippen LogP contribution is 2.15. The molecular weight excluding hydrogens is 152 g/mol. The molecule has 0 aromatic rings. The summed E-state index contributed by atoms with van der Waals surface area (Å²) in [7, 11) is 0. The van der Waals surface area contributed by atoms with Crippen LogP contribution in [-0.2, 0) is 14.3 Å². The van der Waals surface area contributed by atoms with Crippen LogP contribution in [0.3, 0.4) is 0 Å². The van der Waals surface area contributed by atoms with Crippen molar-refractivity contribution in [3.63, 3.8) is 0 Å². The highest BCUT2D eigenvalue weighted by atomic mass is 16.8. The number of hydrogen-bond donors (Lipinski definition) is 1. The second kappa shape index (κ2) is 2.61. The van der Waals surface area contributed by atoms with Crippen LogP contribution in [0.4, 0.5) is 4.79 Å². The van der Waals surface area contributed by atoms with E-state index in [2.05, 4.69) is 16.1 Å². The van der Waals surface area contributed by atoms with Gasteiger partial charge in [-0.05, 0) is 6.08 Å². The zero-order valence-electron chi connectivity index (χ0n) is 5.52. The summed E-state index contributed by atoms with van der Waals surface area (Å²) in [5.41, 5.74) is 0. The number of cyclic esters (lactones) is 2. The van der Waals surface area contributed by atoms with Crippen molar-refractivity contribution in [3.05, 3.63) is 12.7 Å². The molecule has 0 amide bonds. The average Bonchev–Trinajstić information content (AvgIpc) is 2.30. The van der Waals surface area contributed by atoms with Crippen molar-refractivity contribution in [2.45, 2.75) is 12.2 Å². The predicted molar refractivity (Wildman–Crippen MR) is 33.0 cm³/mol. The van der Waals surface area contributed by atoms with Crippen molar-refractivity contribution in [1.82, 2.24) is 0 Å². The molecule has 0 radical (unpaired) electrons. The fraction of sp³-hybridized carbons (Fsp3) is 0.333. The van der Waals surface area contributed by atoms with Crippen molar-refractivity contribution in [3.8, 4) is 0 Å². The number of hydrogen-bond acceptors (Lipinski definition) is 4. The first-order valence-corrected chi connectivity index (χ1v) is 2.88. The van der Waals surface area contributed by atoms with Gasteiger partial charge in [-0.3, -0.25) is 0 Å². The number of carbonyl (C=O) groups is 2. The van der Waals surface area contributed by atoms with Gasteiger partial charge < -0.3 is 14.6 Å².